The minimum atomic E-state index is -0.646. The minimum Gasteiger partial charge on any atom is -0.373 e. The number of carbonyl (C=O) groups is 1. The van der Waals surface area contributed by atoms with Crippen LogP contribution in [0.1, 0.15) is 42.7 Å². The molecule has 0 saturated carbocycles. The second-order valence-electron chi connectivity index (χ2n) is 8.24. The lowest BCUT2D eigenvalue weighted by Gasteiger charge is -2.43. The van der Waals surface area contributed by atoms with Gasteiger partial charge in [0.15, 0.2) is 5.69 Å². The van der Waals surface area contributed by atoms with Crippen LogP contribution in [0.2, 0.25) is 0 Å². The van der Waals surface area contributed by atoms with Crippen molar-refractivity contribution in [1.82, 2.24) is 24.8 Å². The zero-order chi connectivity index (χ0) is 21.3. The van der Waals surface area contributed by atoms with Crippen molar-refractivity contribution < 1.29 is 18.3 Å². The first-order chi connectivity index (χ1) is 14.4. The van der Waals surface area contributed by atoms with Gasteiger partial charge in [-0.25, -0.2) is 13.5 Å². The van der Waals surface area contributed by atoms with Gasteiger partial charge in [-0.1, -0.05) is 11.3 Å². The number of benzene rings is 1. The molecule has 2 aliphatic rings. The summed E-state index contributed by atoms with van der Waals surface area (Å²) < 4.78 is 34.8. The molecule has 1 aromatic carbocycles. The number of piperidine rings is 1. The normalized spacial score (nSPS) is 23.7. The van der Waals surface area contributed by atoms with Crippen LogP contribution in [0.15, 0.2) is 24.4 Å². The summed E-state index contributed by atoms with van der Waals surface area (Å²) in [6.45, 7) is 7.22. The lowest BCUT2D eigenvalue weighted by molar-refractivity contribution is -0.0856. The average Bonchev–Trinajstić information content (AvgIpc) is 3.18. The molecule has 0 radical (unpaired) electrons. The lowest BCUT2D eigenvalue weighted by atomic mass is 10.0. The summed E-state index contributed by atoms with van der Waals surface area (Å²) in [6, 6.07) is 4.15. The highest BCUT2D eigenvalue weighted by molar-refractivity contribution is 5.92. The predicted octanol–water partition coefficient (Wildman–Crippen LogP) is 2.32. The van der Waals surface area contributed by atoms with Crippen molar-refractivity contribution in [1.29, 1.82) is 0 Å². The van der Waals surface area contributed by atoms with Crippen molar-refractivity contribution in [2.75, 3.05) is 26.2 Å². The van der Waals surface area contributed by atoms with E-state index in [1.54, 1.807) is 4.90 Å². The zero-order valence-corrected chi connectivity index (χ0v) is 17.3. The highest BCUT2D eigenvalue weighted by Crippen LogP contribution is 2.22. The van der Waals surface area contributed by atoms with Crippen molar-refractivity contribution in [2.24, 2.45) is 0 Å². The fraction of sp³-hybridized carbons (Fsp3) is 0.571. The van der Waals surface area contributed by atoms with Crippen LogP contribution in [0.5, 0.6) is 0 Å². The van der Waals surface area contributed by atoms with Crippen LogP contribution in [-0.4, -0.2) is 75.1 Å². The molecule has 0 N–H and O–H groups in total. The van der Waals surface area contributed by atoms with Crippen LogP contribution in [-0.2, 0) is 11.3 Å². The molecule has 2 fully saturated rings. The second-order valence-corrected chi connectivity index (χ2v) is 8.24. The van der Waals surface area contributed by atoms with E-state index in [4.69, 9.17) is 4.74 Å². The Kier molecular flexibility index (Phi) is 6.10. The molecule has 0 spiro atoms. The van der Waals surface area contributed by atoms with E-state index >= 15 is 0 Å². The van der Waals surface area contributed by atoms with Crippen LogP contribution in [0.4, 0.5) is 8.78 Å². The molecule has 0 unspecified atom stereocenters. The molecule has 2 saturated heterocycles. The van der Waals surface area contributed by atoms with Gasteiger partial charge in [0.25, 0.3) is 5.91 Å². The standard InChI is InChI=1S/C21H27F2N5O2/c1-14-10-27(11-15(2)30-14)16-6-8-26(9-7-16)21(29)20-13-28(25-24-20)12-17-18(22)4-3-5-19(17)23/h3-5,13-16H,6-12H2,1-2H3/t14-,15+. The van der Waals surface area contributed by atoms with Crippen LogP contribution < -0.4 is 0 Å². The molecule has 1 amide bonds. The van der Waals surface area contributed by atoms with Crippen LogP contribution in [0, 0.1) is 11.6 Å². The summed E-state index contributed by atoms with van der Waals surface area (Å²) in [5, 5.41) is 7.80. The molecular formula is C21H27F2N5O2. The van der Waals surface area contributed by atoms with Crippen molar-refractivity contribution in [2.45, 2.75) is 51.5 Å². The number of halogens is 2. The number of nitrogens with zero attached hydrogens (tertiary/aromatic N) is 5. The maximum absolute atomic E-state index is 13.8. The van der Waals surface area contributed by atoms with Gasteiger partial charge < -0.3 is 9.64 Å². The SMILES string of the molecule is C[C@@H]1CN(C2CCN(C(=O)c3cn(Cc4c(F)cccc4F)nn3)CC2)C[C@H](C)O1. The third kappa shape index (κ3) is 4.52. The molecule has 2 aromatic rings. The summed E-state index contributed by atoms with van der Waals surface area (Å²) in [5.41, 5.74) is 0.0926. The van der Waals surface area contributed by atoms with Crippen LogP contribution in [0.3, 0.4) is 0 Å². The molecule has 0 bridgehead atoms. The van der Waals surface area contributed by atoms with E-state index < -0.39 is 11.6 Å². The summed E-state index contributed by atoms with van der Waals surface area (Å²) in [5.74, 6) is -1.49. The van der Waals surface area contributed by atoms with E-state index in [0.717, 1.165) is 25.9 Å². The van der Waals surface area contributed by atoms with Gasteiger partial charge in [-0.05, 0) is 38.8 Å². The van der Waals surface area contributed by atoms with Gasteiger partial charge in [0.1, 0.15) is 11.6 Å². The van der Waals surface area contributed by atoms with E-state index in [9.17, 15) is 13.6 Å². The van der Waals surface area contributed by atoms with Crippen molar-refractivity contribution in [3.8, 4) is 0 Å². The molecule has 0 aliphatic carbocycles. The van der Waals surface area contributed by atoms with Crippen LogP contribution in [0.25, 0.3) is 0 Å². The van der Waals surface area contributed by atoms with Crippen molar-refractivity contribution in [3.05, 3.63) is 47.3 Å². The number of carbonyl (C=O) groups excluding carboxylic acids is 1. The van der Waals surface area contributed by atoms with E-state index in [0.29, 0.717) is 19.1 Å². The predicted molar refractivity (Wildman–Crippen MR) is 106 cm³/mol. The minimum absolute atomic E-state index is 0.101. The first kappa shape index (κ1) is 20.9. The number of ether oxygens (including phenoxy) is 1. The fourth-order valence-electron chi connectivity index (χ4n) is 4.43. The third-order valence-corrected chi connectivity index (χ3v) is 5.86. The Morgan fingerprint density at radius 3 is 2.40 bits per heavy atom. The summed E-state index contributed by atoms with van der Waals surface area (Å²) >= 11 is 0. The number of amides is 1. The molecule has 2 aliphatic heterocycles. The smallest absolute Gasteiger partial charge is 0.276 e. The maximum atomic E-state index is 13.8. The van der Waals surface area contributed by atoms with Gasteiger partial charge in [-0.15, -0.1) is 5.10 Å². The number of likely N-dealkylation sites (tertiary alicyclic amines) is 1. The Morgan fingerprint density at radius 1 is 1.13 bits per heavy atom. The van der Waals surface area contributed by atoms with Crippen molar-refractivity contribution in [3.63, 3.8) is 0 Å². The lowest BCUT2D eigenvalue weighted by Crippen LogP contribution is -2.53. The monoisotopic (exact) mass is 419 g/mol. The molecule has 162 valence electrons. The van der Waals surface area contributed by atoms with E-state index in [2.05, 4.69) is 29.1 Å². The van der Waals surface area contributed by atoms with Gasteiger partial charge in [0.2, 0.25) is 0 Å². The number of morpholine rings is 1. The molecule has 7 nitrogen and oxygen atoms in total. The Bertz CT molecular complexity index is 867. The fourth-order valence-corrected chi connectivity index (χ4v) is 4.43. The topological polar surface area (TPSA) is 63.5 Å². The number of hydrogen-bond donors (Lipinski definition) is 0. The molecule has 1 aromatic heterocycles. The highest BCUT2D eigenvalue weighted by Gasteiger charge is 2.32. The molecule has 30 heavy (non-hydrogen) atoms. The van der Waals surface area contributed by atoms with Gasteiger partial charge in [0, 0.05) is 37.8 Å². The maximum Gasteiger partial charge on any atom is 0.276 e. The van der Waals surface area contributed by atoms with Crippen LogP contribution >= 0.6 is 0 Å². The first-order valence-corrected chi connectivity index (χ1v) is 10.4. The third-order valence-electron chi connectivity index (χ3n) is 5.86. The largest absolute Gasteiger partial charge is 0.373 e. The molecular weight excluding hydrogens is 392 g/mol. The van der Waals surface area contributed by atoms with E-state index in [1.165, 1.54) is 29.1 Å². The van der Waals surface area contributed by atoms with E-state index in [-0.39, 0.29) is 35.9 Å². The Balaban J connectivity index is 1.35. The quantitative estimate of drug-likeness (QED) is 0.761. The van der Waals surface area contributed by atoms with Crippen molar-refractivity contribution >= 4 is 5.91 Å². The zero-order valence-electron chi connectivity index (χ0n) is 17.3. The molecule has 9 heteroatoms. The second kappa shape index (κ2) is 8.77. The van der Waals surface area contributed by atoms with Gasteiger partial charge in [-0.3, -0.25) is 9.69 Å². The van der Waals surface area contributed by atoms with Gasteiger partial charge >= 0.3 is 0 Å². The number of hydrogen-bond acceptors (Lipinski definition) is 5. The average molecular weight is 419 g/mol. The van der Waals surface area contributed by atoms with Gasteiger partial charge in [0.05, 0.1) is 24.9 Å². The molecule has 2 atom stereocenters. The molecule has 4 rings (SSSR count). The summed E-state index contributed by atoms with van der Waals surface area (Å²) in [6.07, 6.45) is 3.70. The number of rotatable bonds is 4. The van der Waals surface area contributed by atoms with Gasteiger partial charge in [-0.2, -0.15) is 0 Å². The Morgan fingerprint density at radius 2 is 1.77 bits per heavy atom. The number of aromatic nitrogens is 3. The summed E-state index contributed by atoms with van der Waals surface area (Å²) in [4.78, 5) is 17.1. The molecule has 3 heterocycles. The Hall–Kier alpha value is -2.39. The Labute approximate surface area is 174 Å². The van der Waals surface area contributed by atoms with E-state index in [1.807, 2.05) is 0 Å². The highest BCUT2D eigenvalue weighted by atomic mass is 19.1. The first-order valence-electron chi connectivity index (χ1n) is 10.4. The summed E-state index contributed by atoms with van der Waals surface area (Å²) in [7, 11) is 0.